The van der Waals surface area contributed by atoms with Crippen molar-refractivity contribution in [1.29, 1.82) is 0 Å². The Balaban J connectivity index is 0. The average Bonchev–Trinajstić information content (AvgIpc) is 2.70. The largest absolute Gasteiger partial charge is 1.00 e. The van der Waals surface area contributed by atoms with Gasteiger partial charge in [0.05, 0.1) is 39.6 Å². The fourth-order valence-electron chi connectivity index (χ4n) is 3.14. The van der Waals surface area contributed by atoms with Crippen LogP contribution in [0.25, 0.3) is 0 Å². The van der Waals surface area contributed by atoms with Gasteiger partial charge in [-0.15, -0.1) is 0 Å². The van der Waals surface area contributed by atoms with Crippen LogP contribution >= 0.6 is 0 Å². The second-order valence-electron chi connectivity index (χ2n) is 7.66. The van der Waals surface area contributed by atoms with Gasteiger partial charge in [0.2, 0.25) is 10.4 Å². The molecular formula is C22H45NaO7S. The van der Waals surface area contributed by atoms with Crippen molar-refractivity contribution in [2.75, 3.05) is 46.2 Å². The molecule has 0 aliphatic rings. The van der Waals surface area contributed by atoms with Crippen LogP contribution < -0.4 is 29.6 Å². The Labute approximate surface area is 213 Å². The molecule has 0 aliphatic heterocycles. The Morgan fingerprint density at radius 1 is 0.516 bits per heavy atom. The van der Waals surface area contributed by atoms with Crippen molar-refractivity contribution in [1.82, 2.24) is 0 Å². The van der Waals surface area contributed by atoms with Crippen LogP contribution in [0.15, 0.2) is 0 Å². The van der Waals surface area contributed by atoms with Crippen molar-refractivity contribution >= 4 is 10.4 Å². The van der Waals surface area contributed by atoms with E-state index in [1.807, 2.05) is 0 Å². The standard InChI is InChI=1S/C22H46O7S.Na/c1-2-3-4-5-6-7-8-9-10-11-12-13-14-15-16-26-17-18-27-19-20-28-21-22-29-30(23,24)25;/h2-22H2,1H3,(H,23,24,25);/q;+1/p-1. The number of ether oxygens (including phenoxy) is 3. The maximum atomic E-state index is 10.2. The van der Waals surface area contributed by atoms with Gasteiger partial charge in [0, 0.05) is 6.61 Å². The van der Waals surface area contributed by atoms with Crippen molar-refractivity contribution in [3.63, 3.8) is 0 Å². The summed E-state index contributed by atoms with van der Waals surface area (Å²) in [5.41, 5.74) is 0. The van der Waals surface area contributed by atoms with Gasteiger partial charge in [-0.05, 0) is 6.42 Å². The molecule has 182 valence electrons. The second-order valence-corrected chi connectivity index (χ2v) is 8.72. The van der Waals surface area contributed by atoms with Crippen LogP contribution in [0.5, 0.6) is 0 Å². The zero-order valence-corrected chi connectivity index (χ0v) is 22.9. The predicted octanol–water partition coefficient (Wildman–Crippen LogP) is 2.00. The van der Waals surface area contributed by atoms with E-state index in [1.165, 1.54) is 83.5 Å². The minimum Gasteiger partial charge on any atom is -0.726 e. The third kappa shape index (κ3) is 33.0. The molecule has 0 bridgehead atoms. The summed E-state index contributed by atoms with van der Waals surface area (Å²) in [6.07, 6.45) is 18.9. The van der Waals surface area contributed by atoms with E-state index in [4.69, 9.17) is 14.2 Å². The molecular weight excluding hydrogens is 431 g/mol. The van der Waals surface area contributed by atoms with Gasteiger partial charge >= 0.3 is 29.6 Å². The summed E-state index contributed by atoms with van der Waals surface area (Å²) >= 11 is 0. The Morgan fingerprint density at radius 2 is 0.839 bits per heavy atom. The first-order chi connectivity index (χ1) is 14.6. The molecule has 0 aromatic rings. The number of unbranched alkanes of at least 4 members (excludes halogenated alkanes) is 13. The van der Waals surface area contributed by atoms with Crippen molar-refractivity contribution in [3.05, 3.63) is 0 Å². The summed E-state index contributed by atoms with van der Waals surface area (Å²) in [6, 6.07) is 0. The summed E-state index contributed by atoms with van der Waals surface area (Å²) in [4.78, 5) is 0. The molecule has 9 heteroatoms. The topological polar surface area (TPSA) is 94.1 Å². The van der Waals surface area contributed by atoms with Gasteiger partial charge < -0.3 is 18.8 Å². The first kappa shape index (κ1) is 33.9. The van der Waals surface area contributed by atoms with Gasteiger partial charge in [0.1, 0.15) is 0 Å². The zero-order chi connectivity index (χ0) is 22.2. The summed E-state index contributed by atoms with van der Waals surface area (Å²) in [5.74, 6) is 0. The van der Waals surface area contributed by atoms with Gasteiger partial charge in [-0.3, -0.25) is 4.18 Å². The van der Waals surface area contributed by atoms with Crippen molar-refractivity contribution in [3.8, 4) is 0 Å². The van der Waals surface area contributed by atoms with E-state index in [-0.39, 0.29) is 42.8 Å². The summed E-state index contributed by atoms with van der Waals surface area (Å²) in [6.45, 7) is 4.61. The van der Waals surface area contributed by atoms with Crippen LogP contribution in [0.4, 0.5) is 0 Å². The monoisotopic (exact) mass is 476 g/mol. The third-order valence-corrected chi connectivity index (χ3v) is 5.30. The van der Waals surface area contributed by atoms with E-state index in [2.05, 4.69) is 11.1 Å². The number of hydrogen-bond acceptors (Lipinski definition) is 7. The summed E-state index contributed by atoms with van der Waals surface area (Å²) in [7, 11) is -4.63. The molecule has 31 heavy (non-hydrogen) atoms. The minimum absolute atomic E-state index is 0. The molecule has 0 aromatic carbocycles. The van der Waals surface area contributed by atoms with E-state index in [9.17, 15) is 13.0 Å². The molecule has 0 atom stereocenters. The predicted molar refractivity (Wildman–Crippen MR) is 118 cm³/mol. The maximum Gasteiger partial charge on any atom is 1.00 e. The molecule has 0 rings (SSSR count). The average molecular weight is 477 g/mol. The normalized spacial score (nSPS) is 11.5. The molecule has 0 unspecified atom stereocenters. The van der Waals surface area contributed by atoms with Gasteiger partial charge in [-0.25, -0.2) is 8.42 Å². The molecule has 0 spiro atoms. The Hall–Kier alpha value is 0.750. The van der Waals surface area contributed by atoms with E-state index in [1.54, 1.807) is 0 Å². The molecule has 0 heterocycles. The fraction of sp³-hybridized carbons (Fsp3) is 1.00. The molecule has 0 N–H and O–H groups in total. The molecule has 0 aliphatic carbocycles. The van der Waals surface area contributed by atoms with Crippen molar-refractivity contribution in [2.45, 2.75) is 96.8 Å². The first-order valence-electron chi connectivity index (χ1n) is 11.9. The van der Waals surface area contributed by atoms with Gasteiger partial charge in [0.25, 0.3) is 0 Å². The van der Waals surface area contributed by atoms with Crippen LogP contribution in [0, 0.1) is 0 Å². The fourth-order valence-corrected chi connectivity index (χ4v) is 3.41. The van der Waals surface area contributed by atoms with E-state index < -0.39 is 10.4 Å². The molecule has 0 fully saturated rings. The Bertz CT molecular complexity index is 436. The maximum absolute atomic E-state index is 10.2. The van der Waals surface area contributed by atoms with Gasteiger partial charge in [0.15, 0.2) is 0 Å². The first-order valence-corrected chi connectivity index (χ1v) is 13.2. The molecule has 0 aromatic heterocycles. The van der Waals surface area contributed by atoms with E-state index in [0.717, 1.165) is 13.0 Å². The Morgan fingerprint density at radius 3 is 1.23 bits per heavy atom. The van der Waals surface area contributed by atoms with Crippen molar-refractivity contribution < 1.29 is 60.9 Å². The quantitative estimate of drug-likeness (QED) is 0.0861. The zero-order valence-electron chi connectivity index (χ0n) is 20.1. The van der Waals surface area contributed by atoms with Crippen LogP contribution in [0.1, 0.15) is 96.8 Å². The molecule has 0 radical (unpaired) electrons. The third-order valence-electron chi connectivity index (χ3n) is 4.84. The van der Waals surface area contributed by atoms with Crippen LogP contribution in [0.3, 0.4) is 0 Å². The number of rotatable bonds is 25. The minimum atomic E-state index is -4.63. The SMILES string of the molecule is CCCCCCCCCCCCCCCCOCCOCCOCCOS(=O)(=O)[O-].[Na+]. The van der Waals surface area contributed by atoms with Crippen LogP contribution in [-0.2, 0) is 28.8 Å². The second kappa shape index (κ2) is 27.0. The van der Waals surface area contributed by atoms with Crippen LogP contribution in [0.2, 0.25) is 0 Å². The Kier molecular flexibility index (Phi) is 29.5. The molecule has 0 saturated heterocycles. The van der Waals surface area contributed by atoms with Crippen molar-refractivity contribution in [2.24, 2.45) is 0 Å². The molecule has 0 saturated carbocycles. The van der Waals surface area contributed by atoms with E-state index in [0.29, 0.717) is 26.4 Å². The molecule has 7 nitrogen and oxygen atoms in total. The van der Waals surface area contributed by atoms with Gasteiger partial charge in [-0.2, -0.15) is 0 Å². The smallest absolute Gasteiger partial charge is 0.726 e. The van der Waals surface area contributed by atoms with Gasteiger partial charge in [-0.1, -0.05) is 90.4 Å². The number of hydrogen-bond donors (Lipinski definition) is 0. The molecule has 0 amide bonds. The summed E-state index contributed by atoms with van der Waals surface area (Å²) < 4.78 is 50.5. The van der Waals surface area contributed by atoms with E-state index >= 15 is 0 Å². The van der Waals surface area contributed by atoms with Crippen LogP contribution in [-0.4, -0.2) is 59.2 Å². The summed E-state index contributed by atoms with van der Waals surface area (Å²) in [5, 5.41) is 0.